The number of nitrogens with zero attached hydrogens (tertiary/aromatic N) is 2. The van der Waals surface area contributed by atoms with Crippen molar-refractivity contribution in [3.63, 3.8) is 0 Å². The van der Waals surface area contributed by atoms with Crippen molar-refractivity contribution in [3.05, 3.63) is 99.9 Å². The monoisotopic (exact) mass is 455 g/mol. The van der Waals surface area contributed by atoms with E-state index in [2.05, 4.69) is 15.5 Å². The molecule has 0 aliphatic rings. The highest BCUT2D eigenvalue weighted by Crippen LogP contribution is 2.25. The molecule has 0 saturated heterocycles. The second-order valence-corrected chi connectivity index (χ2v) is 7.78. The Hall–Kier alpha value is -3.29. The molecule has 0 spiro atoms. The average molecular weight is 456 g/mol. The molecule has 0 radical (unpaired) electrons. The van der Waals surface area contributed by atoms with Gasteiger partial charge in [0.2, 0.25) is 5.13 Å². The molecule has 1 N–H and O–H groups in total. The van der Waals surface area contributed by atoms with E-state index in [4.69, 9.17) is 16.3 Å². The first-order chi connectivity index (χ1) is 15.1. The maximum atomic E-state index is 13.8. The first kappa shape index (κ1) is 21.0. The van der Waals surface area contributed by atoms with Gasteiger partial charge in [0.25, 0.3) is 0 Å². The molecule has 0 unspecified atom stereocenters. The van der Waals surface area contributed by atoms with Gasteiger partial charge in [-0.15, -0.1) is 11.3 Å². The molecule has 0 aliphatic heterocycles. The first-order valence-corrected chi connectivity index (χ1v) is 10.5. The molecule has 0 amide bonds. The molecule has 4 rings (SSSR count). The molecule has 4 aromatic rings. The van der Waals surface area contributed by atoms with Crippen LogP contribution in [0.1, 0.15) is 11.1 Å². The Kier molecular flexibility index (Phi) is 6.54. The van der Waals surface area contributed by atoms with Crippen molar-refractivity contribution in [1.82, 2.24) is 4.98 Å². The van der Waals surface area contributed by atoms with Crippen LogP contribution < -0.4 is 10.2 Å². The Morgan fingerprint density at radius 3 is 2.71 bits per heavy atom. The minimum absolute atomic E-state index is 0.0606. The summed E-state index contributed by atoms with van der Waals surface area (Å²) in [5.74, 6) is -0.837. The third-order valence-electron chi connectivity index (χ3n) is 4.31. The maximum absolute atomic E-state index is 13.8. The molecule has 1 aromatic heterocycles. The summed E-state index contributed by atoms with van der Waals surface area (Å²) < 4.78 is 32.6. The van der Waals surface area contributed by atoms with Crippen molar-refractivity contribution in [2.75, 3.05) is 5.43 Å². The van der Waals surface area contributed by atoms with Gasteiger partial charge < -0.3 is 4.74 Å². The number of rotatable bonds is 7. The normalized spacial score (nSPS) is 11.1. The summed E-state index contributed by atoms with van der Waals surface area (Å²) in [5, 5.41) is 7.29. The van der Waals surface area contributed by atoms with Crippen molar-refractivity contribution in [2.24, 2.45) is 5.10 Å². The smallest absolute Gasteiger partial charge is 0.203 e. The van der Waals surface area contributed by atoms with Crippen LogP contribution in [-0.2, 0) is 6.61 Å². The van der Waals surface area contributed by atoms with Crippen LogP contribution in [0.25, 0.3) is 11.3 Å². The number of nitrogens with one attached hydrogen (secondary N) is 1. The highest BCUT2D eigenvalue weighted by Gasteiger charge is 2.08. The summed E-state index contributed by atoms with van der Waals surface area (Å²) in [6, 6.07) is 18.2. The van der Waals surface area contributed by atoms with Gasteiger partial charge in [0.15, 0.2) is 0 Å². The van der Waals surface area contributed by atoms with Crippen LogP contribution >= 0.6 is 22.9 Å². The Bertz CT molecular complexity index is 1210. The zero-order valence-corrected chi connectivity index (χ0v) is 17.6. The van der Waals surface area contributed by atoms with Gasteiger partial charge in [-0.3, -0.25) is 5.43 Å². The van der Waals surface area contributed by atoms with Crippen molar-refractivity contribution in [1.29, 1.82) is 0 Å². The number of hydrogen-bond acceptors (Lipinski definition) is 5. The van der Waals surface area contributed by atoms with Gasteiger partial charge in [-0.2, -0.15) is 5.10 Å². The number of thiazole rings is 1. The van der Waals surface area contributed by atoms with E-state index >= 15 is 0 Å². The van der Waals surface area contributed by atoms with Gasteiger partial charge in [-0.25, -0.2) is 13.8 Å². The first-order valence-electron chi connectivity index (χ1n) is 9.25. The Morgan fingerprint density at radius 2 is 1.90 bits per heavy atom. The molecule has 8 heteroatoms. The summed E-state index contributed by atoms with van der Waals surface area (Å²) >= 11 is 7.53. The predicted molar refractivity (Wildman–Crippen MR) is 121 cm³/mol. The fourth-order valence-electron chi connectivity index (χ4n) is 2.77. The third kappa shape index (κ3) is 5.45. The molecule has 0 fully saturated rings. The summed E-state index contributed by atoms with van der Waals surface area (Å²) in [5.41, 5.74) is 5.62. The van der Waals surface area contributed by atoms with E-state index in [1.807, 2.05) is 35.7 Å². The molecule has 0 saturated carbocycles. The van der Waals surface area contributed by atoms with Crippen molar-refractivity contribution < 1.29 is 13.5 Å². The lowest BCUT2D eigenvalue weighted by molar-refractivity contribution is 0.299. The van der Waals surface area contributed by atoms with E-state index in [0.717, 1.165) is 17.3 Å². The molecule has 31 heavy (non-hydrogen) atoms. The number of hydrazone groups is 1. The summed E-state index contributed by atoms with van der Waals surface area (Å²) in [6.07, 6.45) is 1.55. The van der Waals surface area contributed by atoms with E-state index in [9.17, 15) is 8.78 Å². The van der Waals surface area contributed by atoms with E-state index < -0.39 is 11.6 Å². The lowest BCUT2D eigenvalue weighted by Gasteiger charge is -2.10. The quantitative estimate of drug-likeness (QED) is 0.247. The molecular weight excluding hydrogens is 440 g/mol. The van der Waals surface area contributed by atoms with Gasteiger partial charge in [0.1, 0.15) is 24.0 Å². The van der Waals surface area contributed by atoms with Crippen LogP contribution in [0.2, 0.25) is 5.02 Å². The van der Waals surface area contributed by atoms with E-state index in [-0.39, 0.29) is 12.2 Å². The Labute approximate surface area is 186 Å². The van der Waals surface area contributed by atoms with Gasteiger partial charge in [-0.1, -0.05) is 41.9 Å². The molecule has 0 bridgehead atoms. The molecule has 0 aliphatic carbocycles. The molecular formula is C23H16ClF2N3OS. The van der Waals surface area contributed by atoms with Gasteiger partial charge in [-0.05, 0) is 30.3 Å². The van der Waals surface area contributed by atoms with Gasteiger partial charge >= 0.3 is 0 Å². The van der Waals surface area contributed by atoms with Gasteiger partial charge in [0, 0.05) is 33.2 Å². The Morgan fingerprint density at radius 1 is 1.06 bits per heavy atom. The largest absolute Gasteiger partial charge is 0.488 e. The van der Waals surface area contributed by atoms with E-state index in [1.54, 1.807) is 24.4 Å². The van der Waals surface area contributed by atoms with Crippen LogP contribution in [0, 0.1) is 11.6 Å². The van der Waals surface area contributed by atoms with E-state index in [1.165, 1.54) is 23.5 Å². The van der Waals surface area contributed by atoms with E-state index in [0.29, 0.717) is 21.5 Å². The van der Waals surface area contributed by atoms with Crippen LogP contribution in [0.4, 0.5) is 13.9 Å². The van der Waals surface area contributed by atoms with Crippen LogP contribution in [0.15, 0.2) is 77.2 Å². The minimum Gasteiger partial charge on any atom is -0.488 e. The van der Waals surface area contributed by atoms with Crippen LogP contribution in [0.5, 0.6) is 5.75 Å². The Balaban J connectivity index is 1.45. The number of benzene rings is 3. The zero-order valence-electron chi connectivity index (χ0n) is 16.1. The minimum atomic E-state index is -0.663. The number of halogens is 3. The fourth-order valence-corrected chi connectivity index (χ4v) is 3.62. The molecule has 4 nitrogen and oxygen atoms in total. The summed E-state index contributed by atoms with van der Waals surface area (Å²) in [6.45, 7) is -0.0606. The SMILES string of the molecule is Fc1ccc(COc2ccc(Cl)cc2C=NNc2nc(-c3ccccc3)cs2)c(F)c1. The van der Waals surface area contributed by atoms with Gasteiger partial charge in [0.05, 0.1) is 11.9 Å². The van der Waals surface area contributed by atoms with Crippen molar-refractivity contribution in [3.8, 4) is 17.0 Å². The number of hydrogen-bond donors (Lipinski definition) is 1. The van der Waals surface area contributed by atoms with Crippen molar-refractivity contribution in [2.45, 2.75) is 6.61 Å². The molecule has 3 aromatic carbocycles. The molecule has 0 atom stereocenters. The highest BCUT2D eigenvalue weighted by atomic mass is 35.5. The standard InChI is InChI=1S/C23H16ClF2N3OS/c24-18-7-9-22(30-13-16-6-8-19(25)11-20(16)26)17(10-18)12-27-29-23-28-21(14-31-23)15-4-2-1-3-5-15/h1-12,14H,13H2,(H,28,29). The lowest BCUT2D eigenvalue weighted by atomic mass is 10.2. The predicted octanol–water partition coefficient (Wildman–Crippen LogP) is 6.77. The fraction of sp³-hybridized carbons (Fsp3) is 0.0435. The second kappa shape index (κ2) is 9.68. The number of aromatic nitrogens is 1. The average Bonchev–Trinajstić information content (AvgIpc) is 3.24. The topological polar surface area (TPSA) is 46.5 Å². The summed E-state index contributed by atoms with van der Waals surface area (Å²) in [7, 11) is 0. The van der Waals surface area contributed by atoms with Crippen molar-refractivity contribution >= 4 is 34.3 Å². The molecule has 156 valence electrons. The zero-order chi connectivity index (χ0) is 21.6. The number of anilines is 1. The summed E-state index contributed by atoms with van der Waals surface area (Å²) in [4.78, 5) is 4.51. The number of ether oxygens (including phenoxy) is 1. The lowest BCUT2D eigenvalue weighted by Crippen LogP contribution is -2.01. The maximum Gasteiger partial charge on any atom is 0.203 e. The highest BCUT2D eigenvalue weighted by molar-refractivity contribution is 7.14. The van der Waals surface area contributed by atoms with Crippen LogP contribution in [-0.4, -0.2) is 11.2 Å². The second-order valence-electron chi connectivity index (χ2n) is 6.48. The molecule has 1 heterocycles. The van der Waals surface area contributed by atoms with Crippen LogP contribution in [0.3, 0.4) is 0 Å². The third-order valence-corrected chi connectivity index (χ3v) is 5.29.